The second-order valence-corrected chi connectivity index (χ2v) is 10.8. The number of para-hydroxylation sites is 1. The third-order valence-corrected chi connectivity index (χ3v) is 8.71. The highest BCUT2D eigenvalue weighted by molar-refractivity contribution is 7.89. The van der Waals surface area contributed by atoms with E-state index in [4.69, 9.17) is 27.6 Å². The van der Waals surface area contributed by atoms with E-state index in [1.165, 1.54) is 16.4 Å². The van der Waals surface area contributed by atoms with Gasteiger partial charge in [0.25, 0.3) is 0 Å². The van der Waals surface area contributed by atoms with Gasteiger partial charge >= 0.3 is 0 Å². The topological polar surface area (TPSA) is 70.8 Å². The number of hydrogen-bond donors (Lipinski definition) is 0. The molecule has 1 aliphatic rings. The molecule has 3 aromatic rings. The average molecular weight is 495 g/mol. The lowest BCUT2D eigenvalue weighted by Crippen LogP contribution is -2.44. The van der Waals surface area contributed by atoms with Crippen molar-refractivity contribution < 1.29 is 17.6 Å². The van der Waals surface area contributed by atoms with E-state index >= 15 is 0 Å². The summed E-state index contributed by atoms with van der Waals surface area (Å²) in [6.07, 6.45) is 0.876. The molecule has 1 fully saturated rings. The zero-order chi connectivity index (χ0) is 23.0. The van der Waals surface area contributed by atoms with Gasteiger partial charge in [-0.3, -0.25) is 4.79 Å². The molecule has 2 heterocycles. The van der Waals surface area contributed by atoms with Gasteiger partial charge in [0, 0.05) is 36.5 Å². The van der Waals surface area contributed by atoms with Crippen molar-refractivity contribution in [3.63, 3.8) is 0 Å². The number of hydrogen-bond acceptors (Lipinski definition) is 4. The van der Waals surface area contributed by atoms with Gasteiger partial charge in [-0.1, -0.05) is 41.4 Å². The first-order valence-electron chi connectivity index (χ1n) is 10.4. The highest BCUT2D eigenvalue weighted by atomic mass is 35.5. The Hall–Kier alpha value is -2.06. The molecule has 0 radical (unpaired) electrons. The molecule has 0 saturated carbocycles. The van der Waals surface area contributed by atoms with Gasteiger partial charge in [0.05, 0.1) is 11.1 Å². The summed E-state index contributed by atoms with van der Waals surface area (Å²) in [4.78, 5) is 14.8. The molecular formula is C23H24Cl2N2O4S. The average Bonchev–Trinajstić information content (AvgIpc) is 3.23. The van der Waals surface area contributed by atoms with Gasteiger partial charge in [-0.15, -0.1) is 0 Å². The minimum atomic E-state index is -3.78. The summed E-state index contributed by atoms with van der Waals surface area (Å²) in [5, 5.41) is 1.43. The summed E-state index contributed by atoms with van der Waals surface area (Å²) in [7, 11) is -2.02. The third kappa shape index (κ3) is 4.39. The summed E-state index contributed by atoms with van der Waals surface area (Å²) in [5.41, 5.74) is 0.786. The van der Waals surface area contributed by atoms with Crippen LogP contribution in [0, 0.1) is 5.92 Å². The third-order valence-electron chi connectivity index (χ3n) is 6.10. The number of carbonyl (C=O) groups is 1. The van der Waals surface area contributed by atoms with Crippen molar-refractivity contribution in [1.82, 2.24) is 9.21 Å². The van der Waals surface area contributed by atoms with Crippen LogP contribution in [0.1, 0.15) is 31.6 Å². The second-order valence-electron chi connectivity index (χ2n) is 8.06. The van der Waals surface area contributed by atoms with Gasteiger partial charge in [-0.25, -0.2) is 8.42 Å². The Labute approximate surface area is 197 Å². The Morgan fingerprint density at radius 3 is 2.50 bits per heavy atom. The van der Waals surface area contributed by atoms with Gasteiger partial charge in [-0.05, 0) is 50.1 Å². The maximum Gasteiger partial charge on any atom is 0.244 e. The molecule has 2 aromatic carbocycles. The first-order valence-corrected chi connectivity index (χ1v) is 12.6. The van der Waals surface area contributed by atoms with Crippen LogP contribution >= 0.6 is 23.2 Å². The fourth-order valence-electron chi connectivity index (χ4n) is 4.04. The Bertz CT molecular complexity index is 1220. The van der Waals surface area contributed by atoms with E-state index in [9.17, 15) is 13.2 Å². The van der Waals surface area contributed by atoms with E-state index in [0.29, 0.717) is 17.9 Å². The van der Waals surface area contributed by atoms with E-state index in [0.717, 1.165) is 16.7 Å². The number of sulfonamides is 1. The Morgan fingerprint density at radius 1 is 1.12 bits per heavy atom. The molecule has 0 aliphatic carbocycles. The van der Waals surface area contributed by atoms with E-state index in [1.54, 1.807) is 18.0 Å². The number of benzene rings is 2. The largest absolute Gasteiger partial charge is 0.459 e. The normalized spacial score (nSPS) is 16.9. The SMILES string of the molecule is CC(c1cc2ccccc2o1)N(C)C(=O)C1CCN(S(=O)(=O)c2cc(Cl)ccc2Cl)CC1. The second kappa shape index (κ2) is 9.06. The summed E-state index contributed by atoms with van der Waals surface area (Å²) in [5.74, 6) is 0.446. The zero-order valence-corrected chi connectivity index (χ0v) is 20.1. The number of nitrogens with zero attached hydrogens (tertiary/aromatic N) is 2. The molecule has 170 valence electrons. The van der Waals surface area contributed by atoms with Crippen LogP contribution in [0.25, 0.3) is 11.0 Å². The molecule has 1 aromatic heterocycles. The number of fused-ring (bicyclic) bond motifs is 1. The van der Waals surface area contributed by atoms with Gasteiger partial charge < -0.3 is 9.32 Å². The highest BCUT2D eigenvalue weighted by Crippen LogP contribution is 2.32. The molecule has 6 nitrogen and oxygen atoms in total. The van der Waals surface area contributed by atoms with Gasteiger partial charge in [0.2, 0.25) is 15.9 Å². The van der Waals surface area contributed by atoms with Crippen LogP contribution in [0.4, 0.5) is 0 Å². The van der Waals surface area contributed by atoms with Gasteiger partial charge in [-0.2, -0.15) is 4.31 Å². The van der Waals surface area contributed by atoms with Crippen LogP contribution in [-0.4, -0.2) is 43.7 Å². The van der Waals surface area contributed by atoms with Crippen molar-refractivity contribution in [2.45, 2.75) is 30.7 Å². The fourth-order valence-corrected chi connectivity index (χ4v) is 6.24. The Kier molecular flexibility index (Phi) is 6.54. The first kappa shape index (κ1) is 23.1. The minimum absolute atomic E-state index is 0.00734. The van der Waals surface area contributed by atoms with Gasteiger partial charge in [0.1, 0.15) is 16.2 Å². The van der Waals surface area contributed by atoms with E-state index in [-0.39, 0.29) is 40.9 Å². The van der Waals surface area contributed by atoms with Crippen LogP contribution in [-0.2, 0) is 14.8 Å². The predicted molar refractivity (Wildman–Crippen MR) is 125 cm³/mol. The number of halogens is 2. The maximum absolute atomic E-state index is 13.1. The number of piperidine rings is 1. The summed E-state index contributed by atoms with van der Waals surface area (Å²) >= 11 is 12.1. The van der Waals surface area contributed by atoms with Crippen molar-refractivity contribution in [1.29, 1.82) is 0 Å². The lowest BCUT2D eigenvalue weighted by molar-refractivity contribution is -0.137. The Balaban J connectivity index is 1.43. The van der Waals surface area contributed by atoms with Crippen molar-refractivity contribution >= 4 is 50.1 Å². The van der Waals surface area contributed by atoms with Crippen LogP contribution < -0.4 is 0 Å². The highest BCUT2D eigenvalue weighted by Gasteiger charge is 2.35. The molecule has 1 saturated heterocycles. The summed E-state index contributed by atoms with van der Waals surface area (Å²) in [6.45, 7) is 2.42. The van der Waals surface area contributed by atoms with Crippen LogP contribution in [0.2, 0.25) is 10.0 Å². The van der Waals surface area contributed by atoms with Crippen molar-refractivity contribution in [3.8, 4) is 0 Å². The monoisotopic (exact) mass is 494 g/mol. The molecule has 0 N–H and O–H groups in total. The van der Waals surface area contributed by atoms with Gasteiger partial charge in [0.15, 0.2) is 0 Å². The van der Waals surface area contributed by atoms with Crippen LogP contribution in [0.15, 0.2) is 57.8 Å². The van der Waals surface area contributed by atoms with E-state index in [2.05, 4.69) is 0 Å². The number of furan rings is 1. The minimum Gasteiger partial charge on any atom is -0.459 e. The summed E-state index contributed by atoms with van der Waals surface area (Å²) in [6, 6.07) is 13.8. The number of rotatable bonds is 5. The van der Waals surface area contributed by atoms with Crippen molar-refractivity contribution in [3.05, 3.63) is 64.3 Å². The molecule has 9 heteroatoms. The molecule has 1 atom stereocenters. The maximum atomic E-state index is 13.1. The quantitative estimate of drug-likeness (QED) is 0.478. The number of carbonyl (C=O) groups excluding carboxylic acids is 1. The van der Waals surface area contributed by atoms with Crippen LogP contribution in [0.3, 0.4) is 0 Å². The molecular weight excluding hydrogens is 471 g/mol. The van der Waals surface area contributed by atoms with Crippen LogP contribution in [0.5, 0.6) is 0 Å². The molecule has 1 amide bonds. The lowest BCUT2D eigenvalue weighted by Gasteiger charge is -2.34. The van der Waals surface area contributed by atoms with E-state index < -0.39 is 10.0 Å². The first-order chi connectivity index (χ1) is 15.2. The summed E-state index contributed by atoms with van der Waals surface area (Å²) < 4.78 is 33.3. The predicted octanol–water partition coefficient (Wildman–Crippen LogP) is 5.36. The fraction of sp³-hybridized carbons (Fsp3) is 0.348. The number of amides is 1. The molecule has 1 unspecified atom stereocenters. The Morgan fingerprint density at radius 2 is 1.81 bits per heavy atom. The van der Waals surface area contributed by atoms with Crippen molar-refractivity contribution in [2.75, 3.05) is 20.1 Å². The molecule has 1 aliphatic heterocycles. The standard InChI is InChI=1S/C23H24Cl2N2O4S/c1-15(21-13-17-5-3-4-6-20(17)31-21)26(2)23(28)16-9-11-27(12-10-16)32(29,30)22-14-18(24)7-8-19(22)25/h3-8,13-16H,9-12H2,1-2H3. The lowest BCUT2D eigenvalue weighted by atomic mass is 9.96. The smallest absolute Gasteiger partial charge is 0.244 e. The molecule has 0 spiro atoms. The zero-order valence-electron chi connectivity index (χ0n) is 17.8. The molecule has 0 bridgehead atoms. The molecule has 4 rings (SSSR count). The van der Waals surface area contributed by atoms with E-state index in [1.807, 2.05) is 37.3 Å². The molecule has 32 heavy (non-hydrogen) atoms. The van der Waals surface area contributed by atoms with Crippen molar-refractivity contribution in [2.24, 2.45) is 5.92 Å².